The van der Waals surface area contributed by atoms with Gasteiger partial charge < -0.3 is 5.32 Å². The van der Waals surface area contributed by atoms with Crippen LogP contribution in [0.2, 0.25) is 0 Å². The molecule has 98 valence electrons. The van der Waals surface area contributed by atoms with Gasteiger partial charge in [0.25, 0.3) is 5.91 Å². The Morgan fingerprint density at radius 1 is 1.05 bits per heavy atom. The van der Waals surface area contributed by atoms with Crippen molar-refractivity contribution in [2.75, 3.05) is 5.32 Å². The van der Waals surface area contributed by atoms with E-state index in [0.29, 0.717) is 5.56 Å². The van der Waals surface area contributed by atoms with Crippen LogP contribution >= 0.6 is 31.9 Å². The molecular formula is C15H13Br2NO. The summed E-state index contributed by atoms with van der Waals surface area (Å²) >= 11 is 6.91. The molecule has 0 saturated heterocycles. The highest BCUT2D eigenvalue weighted by molar-refractivity contribution is 9.10. The van der Waals surface area contributed by atoms with Gasteiger partial charge in [0.1, 0.15) is 0 Å². The Morgan fingerprint density at radius 3 is 2.47 bits per heavy atom. The van der Waals surface area contributed by atoms with Crippen LogP contribution in [0.3, 0.4) is 0 Å². The van der Waals surface area contributed by atoms with Gasteiger partial charge in [-0.15, -0.1) is 0 Å². The van der Waals surface area contributed by atoms with Crippen LogP contribution in [0.4, 0.5) is 5.69 Å². The van der Waals surface area contributed by atoms with E-state index in [0.717, 1.165) is 25.8 Å². The highest BCUT2D eigenvalue weighted by atomic mass is 79.9. The predicted molar refractivity (Wildman–Crippen MR) is 85.7 cm³/mol. The lowest BCUT2D eigenvalue weighted by Gasteiger charge is -2.09. The zero-order valence-electron chi connectivity index (χ0n) is 10.6. The molecule has 0 aliphatic carbocycles. The van der Waals surface area contributed by atoms with E-state index in [1.807, 2.05) is 44.2 Å². The molecular weight excluding hydrogens is 370 g/mol. The van der Waals surface area contributed by atoms with Crippen molar-refractivity contribution in [2.24, 2.45) is 0 Å². The number of benzene rings is 2. The third kappa shape index (κ3) is 3.25. The van der Waals surface area contributed by atoms with E-state index in [1.54, 1.807) is 6.07 Å². The van der Waals surface area contributed by atoms with Crippen molar-refractivity contribution >= 4 is 43.5 Å². The number of hydrogen-bond donors (Lipinski definition) is 1. The Morgan fingerprint density at radius 2 is 1.79 bits per heavy atom. The zero-order chi connectivity index (χ0) is 14.0. The van der Waals surface area contributed by atoms with Crippen molar-refractivity contribution in [3.63, 3.8) is 0 Å². The number of nitrogens with one attached hydrogen (secondary N) is 1. The number of amides is 1. The second kappa shape index (κ2) is 5.88. The summed E-state index contributed by atoms with van der Waals surface area (Å²) in [6, 6.07) is 11.4. The van der Waals surface area contributed by atoms with Gasteiger partial charge in [-0.05, 0) is 59.1 Å². The summed E-state index contributed by atoms with van der Waals surface area (Å²) in [6.45, 7) is 3.97. The maximum Gasteiger partial charge on any atom is 0.256 e. The quantitative estimate of drug-likeness (QED) is 0.770. The molecule has 0 radical (unpaired) electrons. The average Bonchev–Trinajstić information content (AvgIpc) is 2.37. The van der Waals surface area contributed by atoms with Crippen LogP contribution in [0.25, 0.3) is 0 Å². The van der Waals surface area contributed by atoms with Crippen LogP contribution in [0, 0.1) is 13.8 Å². The lowest BCUT2D eigenvalue weighted by atomic mass is 10.1. The minimum absolute atomic E-state index is 0.119. The van der Waals surface area contributed by atoms with E-state index in [1.165, 1.54) is 0 Å². The number of carbonyl (C=O) groups excluding carboxylic acids is 1. The highest BCUT2D eigenvalue weighted by Crippen LogP contribution is 2.24. The fourth-order valence-electron chi connectivity index (χ4n) is 1.69. The predicted octanol–water partition coefficient (Wildman–Crippen LogP) is 5.08. The highest BCUT2D eigenvalue weighted by Gasteiger charge is 2.11. The van der Waals surface area contributed by atoms with Gasteiger partial charge in [-0.3, -0.25) is 4.79 Å². The summed E-state index contributed by atoms with van der Waals surface area (Å²) in [7, 11) is 0. The molecule has 4 heteroatoms. The van der Waals surface area contributed by atoms with Gasteiger partial charge in [-0.2, -0.15) is 0 Å². The minimum Gasteiger partial charge on any atom is -0.322 e. The SMILES string of the molecule is Cc1ccc(NC(=O)c2cccc(C)c2Br)cc1Br. The van der Waals surface area contributed by atoms with E-state index < -0.39 is 0 Å². The van der Waals surface area contributed by atoms with E-state index in [2.05, 4.69) is 37.2 Å². The number of aryl methyl sites for hydroxylation is 2. The Labute approximate surface area is 129 Å². The first-order valence-corrected chi connectivity index (χ1v) is 7.40. The van der Waals surface area contributed by atoms with Crippen molar-refractivity contribution in [1.29, 1.82) is 0 Å². The first-order chi connectivity index (χ1) is 8.99. The molecule has 1 N–H and O–H groups in total. The summed E-state index contributed by atoms with van der Waals surface area (Å²) in [4.78, 5) is 12.2. The lowest BCUT2D eigenvalue weighted by molar-refractivity contribution is 0.102. The maximum absolute atomic E-state index is 12.2. The van der Waals surface area contributed by atoms with Crippen LogP contribution < -0.4 is 5.32 Å². The fraction of sp³-hybridized carbons (Fsp3) is 0.133. The largest absolute Gasteiger partial charge is 0.322 e. The molecule has 0 aliphatic rings. The molecule has 0 aliphatic heterocycles. The molecule has 0 saturated carbocycles. The van der Waals surface area contributed by atoms with E-state index in [-0.39, 0.29) is 5.91 Å². The van der Waals surface area contributed by atoms with Gasteiger partial charge in [0.15, 0.2) is 0 Å². The third-order valence-electron chi connectivity index (χ3n) is 2.87. The van der Waals surface area contributed by atoms with Crippen molar-refractivity contribution in [3.8, 4) is 0 Å². The monoisotopic (exact) mass is 381 g/mol. The molecule has 0 unspecified atom stereocenters. The van der Waals surface area contributed by atoms with E-state index in [4.69, 9.17) is 0 Å². The summed E-state index contributed by atoms with van der Waals surface area (Å²) in [5.41, 5.74) is 3.58. The average molecular weight is 383 g/mol. The Bertz CT molecular complexity index is 638. The Kier molecular flexibility index (Phi) is 4.42. The molecule has 2 nitrogen and oxygen atoms in total. The molecule has 0 atom stereocenters. The van der Waals surface area contributed by atoms with Crippen LogP contribution in [0.5, 0.6) is 0 Å². The topological polar surface area (TPSA) is 29.1 Å². The third-order valence-corrected chi connectivity index (χ3v) is 4.77. The second-order valence-corrected chi connectivity index (χ2v) is 6.00. The number of rotatable bonds is 2. The van der Waals surface area contributed by atoms with Gasteiger partial charge in [-0.1, -0.05) is 34.1 Å². The molecule has 0 heterocycles. The van der Waals surface area contributed by atoms with Gasteiger partial charge in [0.2, 0.25) is 0 Å². The molecule has 0 spiro atoms. The molecule has 2 aromatic rings. The number of anilines is 1. The molecule has 2 rings (SSSR count). The smallest absolute Gasteiger partial charge is 0.256 e. The summed E-state index contributed by atoms with van der Waals surface area (Å²) in [5.74, 6) is -0.119. The number of halogens is 2. The van der Waals surface area contributed by atoms with Crippen molar-refractivity contribution in [2.45, 2.75) is 13.8 Å². The Hall–Kier alpha value is -1.13. The first-order valence-electron chi connectivity index (χ1n) is 5.81. The van der Waals surface area contributed by atoms with Crippen LogP contribution in [0.15, 0.2) is 45.3 Å². The molecule has 0 bridgehead atoms. The summed E-state index contributed by atoms with van der Waals surface area (Å²) in [5, 5.41) is 2.90. The number of carbonyl (C=O) groups is 1. The second-order valence-electron chi connectivity index (χ2n) is 4.35. The lowest BCUT2D eigenvalue weighted by Crippen LogP contribution is -2.13. The normalized spacial score (nSPS) is 10.3. The first kappa shape index (κ1) is 14.3. The van der Waals surface area contributed by atoms with Crippen LogP contribution in [-0.2, 0) is 0 Å². The zero-order valence-corrected chi connectivity index (χ0v) is 13.8. The van der Waals surface area contributed by atoms with Gasteiger partial charge in [-0.25, -0.2) is 0 Å². The molecule has 1 amide bonds. The fourth-order valence-corrected chi connectivity index (χ4v) is 2.52. The minimum atomic E-state index is -0.119. The van der Waals surface area contributed by atoms with Crippen LogP contribution in [0.1, 0.15) is 21.5 Å². The van der Waals surface area contributed by atoms with Gasteiger partial charge in [0, 0.05) is 14.6 Å². The van der Waals surface area contributed by atoms with Gasteiger partial charge >= 0.3 is 0 Å². The molecule has 0 fully saturated rings. The molecule has 19 heavy (non-hydrogen) atoms. The van der Waals surface area contributed by atoms with E-state index in [9.17, 15) is 4.79 Å². The van der Waals surface area contributed by atoms with Gasteiger partial charge in [0.05, 0.1) is 5.56 Å². The van der Waals surface area contributed by atoms with Crippen molar-refractivity contribution in [1.82, 2.24) is 0 Å². The van der Waals surface area contributed by atoms with Crippen molar-refractivity contribution < 1.29 is 4.79 Å². The Balaban J connectivity index is 2.26. The summed E-state index contributed by atoms with van der Waals surface area (Å²) < 4.78 is 1.81. The standard InChI is InChI=1S/C15H13Br2NO/c1-9-6-7-11(8-13(9)16)18-15(19)12-5-3-4-10(2)14(12)17/h3-8H,1-2H3,(H,18,19). The van der Waals surface area contributed by atoms with Crippen molar-refractivity contribution in [3.05, 3.63) is 62.0 Å². The van der Waals surface area contributed by atoms with E-state index >= 15 is 0 Å². The molecule has 0 aromatic heterocycles. The number of hydrogen-bond acceptors (Lipinski definition) is 1. The summed E-state index contributed by atoms with van der Waals surface area (Å²) in [6.07, 6.45) is 0. The van der Waals surface area contributed by atoms with Crippen LogP contribution in [-0.4, -0.2) is 5.91 Å². The molecule has 2 aromatic carbocycles. The maximum atomic E-state index is 12.2.